The first kappa shape index (κ1) is 14.3. The first-order chi connectivity index (χ1) is 8.46. The van der Waals surface area contributed by atoms with Gasteiger partial charge in [-0.3, -0.25) is 0 Å². The average Bonchev–Trinajstić information content (AvgIpc) is 2.33. The summed E-state index contributed by atoms with van der Waals surface area (Å²) in [5.74, 6) is 0.647. The molecule has 1 aromatic rings. The van der Waals surface area contributed by atoms with Crippen LogP contribution in [0.3, 0.4) is 0 Å². The molecule has 1 saturated heterocycles. The van der Waals surface area contributed by atoms with E-state index in [9.17, 15) is 8.42 Å². The zero-order chi connectivity index (χ0) is 13.2. The highest BCUT2D eigenvalue weighted by atomic mass is 127. The molecular weight excluding hydrogens is 361 g/mol. The van der Waals surface area contributed by atoms with Crippen molar-refractivity contribution in [3.8, 4) is 0 Å². The van der Waals surface area contributed by atoms with Crippen molar-refractivity contribution in [2.75, 3.05) is 11.5 Å². The maximum atomic E-state index is 11.4. The summed E-state index contributed by atoms with van der Waals surface area (Å²) in [5.41, 5.74) is 1.25. The Morgan fingerprint density at radius 3 is 2.33 bits per heavy atom. The number of nitrogens with one attached hydrogen (secondary N) is 1. The highest BCUT2D eigenvalue weighted by Gasteiger charge is 2.24. The minimum Gasteiger partial charge on any atom is -0.307 e. The zero-order valence-corrected chi connectivity index (χ0v) is 13.4. The minimum absolute atomic E-state index is 0.271. The number of halogens is 1. The van der Waals surface area contributed by atoms with Crippen LogP contribution in [0.5, 0.6) is 0 Å². The SMILES string of the molecule is CC(NC1CCS(=O)(=O)CC1)c1ccc(I)cc1. The van der Waals surface area contributed by atoms with Crippen molar-refractivity contribution in [2.45, 2.75) is 31.8 Å². The fourth-order valence-electron chi connectivity index (χ4n) is 2.26. The summed E-state index contributed by atoms with van der Waals surface area (Å²) < 4.78 is 24.0. The Labute approximate surface area is 122 Å². The Morgan fingerprint density at radius 1 is 1.22 bits per heavy atom. The average molecular weight is 379 g/mol. The van der Waals surface area contributed by atoms with Crippen molar-refractivity contribution in [1.29, 1.82) is 0 Å². The number of benzene rings is 1. The van der Waals surface area contributed by atoms with E-state index in [0.29, 0.717) is 17.5 Å². The Kier molecular flexibility index (Phi) is 4.66. The molecule has 5 heteroatoms. The third kappa shape index (κ3) is 3.93. The van der Waals surface area contributed by atoms with Crippen LogP contribution in [0, 0.1) is 3.57 Å². The molecule has 1 fully saturated rings. The summed E-state index contributed by atoms with van der Waals surface area (Å²) in [6.45, 7) is 2.13. The molecule has 1 heterocycles. The minimum atomic E-state index is -2.76. The molecule has 18 heavy (non-hydrogen) atoms. The van der Waals surface area contributed by atoms with Crippen molar-refractivity contribution in [2.24, 2.45) is 0 Å². The van der Waals surface area contributed by atoms with E-state index in [1.54, 1.807) is 0 Å². The molecule has 0 amide bonds. The second-order valence-electron chi connectivity index (χ2n) is 4.87. The Morgan fingerprint density at radius 2 is 1.78 bits per heavy atom. The molecule has 1 unspecified atom stereocenters. The molecular formula is C13H18INO2S. The highest BCUT2D eigenvalue weighted by molar-refractivity contribution is 14.1. The smallest absolute Gasteiger partial charge is 0.150 e. The van der Waals surface area contributed by atoms with E-state index in [1.165, 1.54) is 9.13 Å². The van der Waals surface area contributed by atoms with Gasteiger partial charge in [0.05, 0.1) is 11.5 Å². The van der Waals surface area contributed by atoms with Crippen LogP contribution >= 0.6 is 22.6 Å². The van der Waals surface area contributed by atoms with Crippen LogP contribution in [-0.4, -0.2) is 26.0 Å². The first-order valence-electron chi connectivity index (χ1n) is 6.18. The Hall–Kier alpha value is -0.140. The third-order valence-electron chi connectivity index (χ3n) is 3.41. The molecule has 1 atom stereocenters. The fourth-order valence-corrected chi connectivity index (χ4v) is 4.11. The van der Waals surface area contributed by atoms with Crippen LogP contribution in [-0.2, 0) is 9.84 Å². The lowest BCUT2D eigenvalue weighted by atomic mass is 10.1. The summed E-state index contributed by atoms with van der Waals surface area (Å²) in [7, 11) is -2.76. The van der Waals surface area contributed by atoms with Gasteiger partial charge in [0.1, 0.15) is 9.84 Å². The van der Waals surface area contributed by atoms with Gasteiger partial charge in [0.15, 0.2) is 0 Å². The molecule has 0 aliphatic carbocycles. The van der Waals surface area contributed by atoms with Crippen molar-refractivity contribution < 1.29 is 8.42 Å². The lowest BCUT2D eigenvalue weighted by Crippen LogP contribution is -2.38. The van der Waals surface area contributed by atoms with Gasteiger partial charge in [-0.05, 0) is 60.1 Å². The Balaban J connectivity index is 1.92. The van der Waals surface area contributed by atoms with Gasteiger partial charge in [0.25, 0.3) is 0 Å². The summed E-state index contributed by atoms with van der Waals surface area (Å²) in [5, 5.41) is 3.53. The van der Waals surface area contributed by atoms with E-state index in [-0.39, 0.29) is 6.04 Å². The third-order valence-corrected chi connectivity index (χ3v) is 5.84. The van der Waals surface area contributed by atoms with Crippen LogP contribution in [0.2, 0.25) is 0 Å². The molecule has 0 aromatic heterocycles. The van der Waals surface area contributed by atoms with E-state index in [1.807, 2.05) is 0 Å². The molecule has 2 rings (SSSR count). The van der Waals surface area contributed by atoms with Crippen molar-refractivity contribution in [1.82, 2.24) is 5.32 Å². The summed E-state index contributed by atoms with van der Waals surface area (Å²) in [6, 6.07) is 9.03. The van der Waals surface area contributed by atoms with Crippen LogP contribution in [0.15, 0.2) is 24.3 Å². The highest BCUT2D eigenvalue weighted by Crippen LogP contribution is 2.19. The van der Waals surface area contributed by atoms with E-state index < -0.39 is 9.84 Å². The van der Waals surface area contributed by atoms with Gasteiger partial charge in [0, 0.05) is 15.7 Å². The number of hydrogen-bond donors (Lipinski definition) is 1. The fraction of sp³-hybridized carbons (Fsp3) is 0.538. The van der Waals surface area contributed by atoms with Gasteiger partial charge in [-0.25, -0.2) is 8.42 Å². The van der Waals surface area contributed by atoms with E-state index in [0.717, 1.165) is 12.8 Å². The van der Waals surface area contributed by atoms with Crippen LogP contribution < -0.4 is 5.32 Å². The monoisotopic (exact) mass is 379 g/mol. The predicted molar refractivity (Wildman–Crippen MR) is 82.4 cm³/mol. The lowest BCUT2D eigenvalue weighted by molar-refractivity contribution is 0.420. The maximum Gasteiger partial charge on any atom is 0.150 e. The van der Waals surface area contributed by atoms with E-state index in [4.69, 9.17) is 0 Å². The molecule has 1 aromatic carbocycles. The summed E-state index contributed by atoms with van der Waals surface area (Å²) in [6.07, 6.45) is 1.47. The molecule has 3 nitrogen and oxygen atoms in total. The standard InChI is InChI=1S/C13H18INO2S/c1-10(11-2-4-12(14)5-3-11)15-13-6-8-18(16,17)9-7-13/h2-5,10,13,15H,6-9H2,1H3. The molecule has 0 spiro atoms. The van der Waals surface area contributed by atoms with Crippen LogP contribution in [0.25, 0.3) is 0 Å². The molecule has 0 saturated carbocycles. The Bertz CT molecular complexity index is 484. The van der Waals surface area contributed by atoms with Gasteiger partial charge in [-0.15, -0.1) is 0 Å². The molecule has 1 aliphatic rings. The van der Waals surface area contributed by atoms with Gasteiger partial charge < -0.3 is 5.32 Å². The number of rotatable bonds is 3. The number of hydrogen-bond acceptors (Lipinski definition) is 3. The molecule has 1 aliphatic heterocycles. The zero-order valence-electron chi connectivity index (χ0n) is 10.4. The van der Waals surface area contributed by atoms with Crippen LogP contribution in [0.1, 0.15) is 31.4 Å². The molecule has 0 bridgehead atoms. The molecule has 1 N–H and O–H groups in total. The van der Waals surface area contributed by atoms with E-state index >= 15 is 0 Å². The second kappa shape index (κ2) is 5.88. The summed E-state index contributed by atoms with van der Waals surface area (Å²) in [4.78, 5) is 0. The van der Waals surface area contributed by atoms with Crippen LogP contribution in [0.4, 0.5) is 0 Å². The van der Waals surface area contributed by atoms with Crippen molar-refractivity contribution in [3.63, 3.8) is 0 Å². The van der Waals surface area contributed by atoms with Gasteiger partial charge in [-0.1, -0.05) is 12.1 Å². The number of sulfone groups is 1. The maximum absolute atomic E-state index is 11.4. The van der Waals surface area contributed by atoms with E-state index in [2.05, 4.69) is 59.1 Å². The predicted octanol–water partition coefficient (Wildman–Crippen LogP) is 2.52. The van der Waals surface area contributed by atoms with Crippen molar-refractivity contribution >= 4 is 32.4 Å². The molecule has 100 valence electrons. The summed E-state index contributed by atoms with van der Waals surface area (Å²) >= 11 is 2.29. The first-order valence-corrected chi connectivity index (χ1v) is 9.08. The van der Waals surface area contributed by atoms with Gasteiger partial charge in [0.2, 0.25) is 0 Å². The normalized spacial score (nSPS) is 21.7. The second-order valence-corrected chi connectivity index (χ2v) is 8.42. The quantitative estimate of drug-likeness (QED) is 0.822. The van der Waals surface area contributed by atoms with Crippen molar-refractivity contribution in [3.05, 3.63) is 33.4 Å². The lowest BCUT2D eigenvalue weighted by Gasteiger charge is -2.26. The topological polar surface area (TPSA) is 46.2 Å². The molecule has 0 radical (unpaired) electrons. The van der Waals surface area contributed by atoms with Gasteiger partial charge >= 0.3 is 0 Å². The largest absolute Gasteiger partial charge is 0.307 e. The van der Waals surface area contributed by atoms with Gasteiger partial charge in [-0.2, -0.15) is 0 Å².